The van der Waals surface area contributed by atoms with Crippen LogP contribution >= 0.6 is 0 Å². The maximum Gasteiger partial charge on any atom is 1.00 e. The van der Waals surface area contributed by atoms with E-state index in [1.807, 2.05) is 0 Å². The van der Waals surface area contributed by atoms with E-state index in [1.165, 1.54) is 0 Å². The van der Waals surface area contributed by atoms with Crippen LogP contribution in [0.25, 0.3) is 0 Å². The Balaban J connectivity index is -0.0000000150. The van der Waals surface area contributed by atoms with E-state index < -0.39 is 5.09 Å². The minimum Gasteiger partial charge on any atom is -0.412 e. The molecule has 0 amide bonds. The van der Waals surface area contributed by atoms with E-state index in [-0.39, 0.29) is 38.6 Å². The number of nitrogens with zero attached hydrogens (tertiary/aromatic N) is 1. The second-order valence-electron chi connectivity index (χ2n) is 0.238. The molecule has 0 aromatic carbocycles. The summed E-state index contributed by atoms with van der Waals surface area (Å²) >= 11 is 0. The maximum atomic E-state index is 8.36. The predicted octanol–water partition coefficient (Wildman–Crippen LogP) is -2.00. The van der Waals surface area contributed by atoms with Crippen LogP contribution in [-0.4, -0.2) is 21.2 Å². The fourth-order valence-corrected chi connectivity index (χ4v) is 0. The van der Waals surface area contributed by atoms with Crippen LogP contribution in [0.2, 0.25) is 0 Å². The molecular weight excluding hydrogens is 295 g/mol. The molecule has 0 spiro atoms. The topological polar surface area (TPSA) is 126 Å². The van der Waals surface area contributed by atoms with Gasteiger partial charge in [0.05, 0.1) is 0 Å². The Morgan fingerprint density at radius 2 is 1.43 bits per heavy atom. The van der Waals surface area contributed by atoms with Gasteiger partial charge in [-0.2, -0.15) is 0 Å². The molecule has 0 aliphatic heterocycles. The Hall–Kier alpha value is 0.0551. The molecule has 0 fully saturated rings. The average molecular weight is 300 g/mol. The zero-order valence-corrected chi connectivity index (χ0v) is 8.92. The third kappa shape index (κ3) is 32800. The van der Waals surface area contributed by atoms with E-state index in [0.29, 0.717) is 0 Å². The third-order valence-corrected chi connectivity index (χ3v) is 0. The molecular formula is H5HgNO5+. The van der Waals surface area contributed by atoms with Crippen molar-refractivity contribution < 1.29 is 48.9 Å². The van der Waals surface area contributed by atoms with Gasteiger partial charge in [-0.15, -0.1) is 10.1 Å². The molecule has 41 valence electrons. The summed E-state index contributed by atoms with van der Waals surface area (Å²) in [5.41, 5.74) is 0. The summed E-state index contributed by atoms with van der Waals surface area (Å²) in [4.78, 5) is 8.36. The van der Waals surface area contributed by atoms with Gasteiger partial charge in [0.25, 0.3) is 5.09 Å². The van der Waals surface area contributed by atoms with Crippen LogP contribution in [0.3, 0.4) is 0 Å². The molecule has 0 saturated carbocycles. The van der Waals surface area contributed by atoms with Gasteiger partial charge in [0.15, 0.2) is 0 Å². The molecule has 0 aliphatic carbocycles. The fourth-order valence-electron chi connectivity index (χ4n) is 0. The van der Waals surface area contributed by atoms with Crippen molar-refractivity contribution in [1.82, 2.24) is 0 Å². The summed E-state index contributed by atoms with van der Waals surface area (Å²) < 4.78 is 0. The Morgan fingerprint density at radius 3 is 1.43 bits per heavy atom. The van der Waals surface area contributed by atoms with Crippen LogP contribution in [0.5, 0.6) is 0 Å². The van der Waals surface area contributed by atoms with E-state index in [2.05, 4.69) is 0 Å². The first-order chi connectivity index (χ1) is 1.73. The summed E-state index contributed by atoms with van der Waals surface area (Å²) in [7, 11) is 0. The van der Waals surface area contributed by atoms with Gasteiger partial charge in [-0.3, -0.25) is 0 Å². The van der Waals surface area contributed by atoms with E-state index in [1.54, 1.807) is 0 Å². The molecule has 7 heavy (non-hydrogen) atoms. The van der Waals surface area contributed by atoms with Crippen LogP contribution in [0.4, 0.5) is 0 Å². The second kappa shape index (κ2) is 16.6. The Labute approximate surface area is 59.4 Å². The summed E-state index contributed by atoms with van der Waals surface area (Å²) in [6.07, 6.45) is 0. The molecule has 1 radical (unpaired) electrons. The first kappa shape index (κ1) is 27.7. The van der Waals surface area contributed by atoms with Crippen molar-refractivity contribution in [2.45, 2.75) is 0 Å². The van der Waals surface area contributed by atoms with Gasteiger partial charge >= 0.3 is 27.7 Å². The number of hydrogen-bond acceptors (Lipinski definition) is 2. The van der Waals surface area contributed by atoms with Gasteiger partial charge in [-0.05, 0) is 0 Å². The van der Waals surface area contributed by atoms with Gasteiger partial charge in [-0.1, -0.05) is 0 Å². The first-order valence-corrected chi connectivity index (χ1v) is 0.565. The fraction of sp³-hybridized carbons (Fsp3) is 0. The van der Waals surface area contributed by atoms with Gasteiger partial charge in [0, 0.05) is 0 Å². The van der Waals surface area contributed by atoms with E-state index in [0.717, 1.165) is 0 Å². The Bertz CT molecular complexity index is 31.1. The standard InChI is InChI=1S/Hg.HNO3.2H2O/c;2-1(3)4;;/h;(H,2,3,4);2*1H2/q+1;;;. The predicted molar refractivity (Wildman–Crippen MR) is 16.0 cm³/mol. The van der Waals surface area contributed by atoms with Crippen molar-refractivity contribution in [3.8, 4) is 0 Å². The van der Waals surface area contributed by atoms with E-state index >= 15 is 0 Å². The molecule has 0 unspecified atom stereocenters. The second-order valence-corrected chi connectivity index (χ2v) is 0.238. The number of hydrogen-bond donors (Lipinski definition) is 1. The molecule has 6 nitrogen and oxygen atoms in total. The quantitative estimate of drug-likeness (QED) is 0.316. The molecule has 0 atom stereocenters. The molecule has 0 bridgehead atoms. The van der Waals surface area contributed by atoms with Crippen LogP contribution in [0.15, 0.2) is 0 Å². The average Bonchev–Trinajstić information content (AvgIpc) is 0.811. The normalized spacial score (nSPS) is 3.43. The van der Waals surface area contributed by atoms with Crippen molar-refractivity contribution in [2.24, 2.45) is 0 Å². The van der Waals surface area contributed by atoms with Crippen molar-refractivity contribution in [2.75, 3.05) is 0 Å². The number of rotatable bonds is 0. The van der Waals surface area contributed by atoms with Crippen molar-refractivity contribution in [3.63, 3.8) is 0 Å². The molecule has 0 aromatic heterocycles. The Kier molecular flexibility index (Phi) is 65.6. The van der Waals surface area contributed by atoms with E-state index in [9.17, 15) is 0 Å². The molecule has 0 aromatic rings. The molecule has 5 N–H and O–H groups in total. The largest absolute Gasteiger partial charge is 1.00 e. The summed E-state index contributed by atoms with van der Waals surface area (Å²) in [5, 5.41) is 13.6. The van der Waals surface area contributed by atoms with Crippen LogP contribution in [-0.2, 0) is 27.7 Å². The third-order valence-electron chi connectivity index (χ3n) is 0. The van der Waals surface area contributed by atoms with E-state index in [4.69, 9.17) is 15.3 Å². The smallest absolute Gasteiger partial charge is 0.412 e. The van der Waals surface area contributed by atoms with Gasteiger partial charge in [0.1, 0.15) is 0 Å². The van der Waals surface area contributed by atoms with Crippen LogP contribution in [0, 0.1) is 10.1 Å². The van der Waals surface area contributed by atoms with Crippen LogP contribution < -0.4 is 0 Å². The molecule has 0 rings (SSSR count). The molecule has 7 heteroatoms. The van der Waals surface area contributed by atoms with Crippen molar-refractivity contribution in [1.29, 1.82) is 0 Å². The summed E-state index contributed by atoms with van der Waals surface area (Å²) in [5.74, 6) is 0. The SMILES string of the molecule is O.O.O=[N+]([O-])O.[Hg+]. The minimum absolute atomic E-state index is 0. The van der Waals surface area contributed by atoms with Crippen LogP contribution in [0.1, 0.15) is 0 Å². The summed E-state index contributed by atoms with van der Waals surface area (Å²) in [6.45, 7) is 0. The van der Waals surface area contributed by atoms with Crippen molar-refractivity contribution in [3.05, 3.63) is 10.1 Å². The van der Waals surface area contributed by atoms with Gasteiger partial charge in [-0.25, -0.2) is 0 Å². The van der Waals surface area contributed by atoms with Gasteiger partial charge in [0.2, 0.25) is 0 Å². The first-order valence-electron chi connectivity index (χ1n) is 0.565. The molecule has 0 saturated heterocycles. The Morgan fingerprint density at radius 1 is 1.43 bits per heavy atom. The maximum absolute atomic E-state index is 8.36. The molecule has 0 aliphatic rings. The monoisotopic (exact) mass is 301 g/mol. The zero-order valence-electron chi connectivity index (χ0n) is 3.42. The summed E-state index contributed by atoms with van der Waals surface area (Å²) in [6, 6.07) is 0. The van der Waals surface area contributed by atoms with Crippen molar-refractivity contribution >= 4 is 0 Å². The molecule has 0 heterocycles. The minimum atomic E-state index is -1.50. The zero-order chi connectivity index (χ0) is 3.58. The van der Waals surface area contributed by atoms with Gasteiger partial charge < -0.3 is 16.2 Å².